The highest BCUT2D eigenvalue weighted by Gasteiger charge is 2.23. The topological polar surface area (TPSA) is 20.3 Å². The van der Waals surface area contributed by atoms with Crippen LogP contribution in [0.2, 0.25) is 0 Å². The van der Waals surface area contributed by atoms with E-state index in [4.69, 9.17) is 0 Å². The highest BCUT2D eigenvalue weighted by molar-refractivity contribution is 7.81. The fourth-order valence-electron chi connectivity index (χ4n) is 1.81. The van der Waals surface area contributed by atoms with Crippen molar-refractivity contribution in [3.8, 4) is 0 Å². The predicted octanol–water partition coefficient (Wildman–Crippen LogP) is 3.03. The van der Waals surface area contributed by atoms with Crippen molar-refractivity contribution in [2.24, 2.45) is 5.92 Å². The van der Waals surface area contributed by atoms with Crippen LogP contribution in [0.4, 0.5) is 0 Å². The molecule has 2 unspecified atom stereocenters. The number of hydrogen-bond acceptors (Lipinski definition) is 2. The maximum atomic E-state index is 12.2. The van der Waals surface area contributed by atoms with Gasteiger partial charge in [0.2, 0.25) is 5.91 Å². The van der Waals surface area contributed by atoms with Crippen LogP contribution in [-0.2, 0) is 11.2 Å². The summed E-state index contributed by atoms with van der Waals surface area (Å²) in [7, 11) is 1.86. The van der Waals surface area contributed by atoms with Gasteiger partial charge in [0.15, 0.2) is 0 Å². The van der Waals surface area contributed by atoms with Crippen LogP contribution in [0.15, 0.2) is 30.3 Å². The summed E-state index contributed by atoms with van der Waals surface area (Å²) in [5, 5.41) is -0.265. The molecular formula is C15H23NOS. The lowest BCUT2D eigenvalue weighted by molar-refractivity contribution is -0.131. The summed E-state index contributed by atoms with van der Waals surface area (Å²) in [6, 6.07) is 10.3. The van der Waals surface area contributed by atoms with Gasteiger partial charge in [-0.15, -0.1) is 0 Å². The maximum Gasteiger partial charge on any atom is 0.235 e. The number of rotatable bonds is 5. The molecular weight excluding hydrogens is 242 g/mol. The Bertz CT molecular complexity index is 377. The predicted molar refractivity (Wildman–Crippen MR) is 80.0 cm³/mol. The van der Waals surface area contributed by atoms with Gasteiger partial charge in [-0.05, 0) is 24.8 Å². The van der Waals surface area contributed by atoms with Crippen molar-refractivity contribution < 1.29 is 4.79 Å². The van der Waals surface area contributed by atoms with E-state index in [-0.39, 0.29) is 17.2 Å². The molecule has 1 aromatic carbocycles. The number of carbonyl (C=O) groups is 1. The van der Waals surface area contributed by atoms with Crippen LogP contribution >= 0.6 is 12.6 Å². The van der Waals surface area contributed by atoms with Crippen molar-refractivity contribution in [2.45, 2.75) is 38.5 Å². The molecule has 2 atom stereocenters. The smallest absolute Gasteiger partial charge is 0.235 e. The first-order valence-electron chi connectivity index (χ1n) is 6.42. The molecule has 0 fully saturated rings. The third-order valence-electron chi connectivity index (χ3n) is 3.48. The molecule has 1 aromatic rings. The molecule has 0 N–H and O–H groups in total. The summed E-state index contributed by atoms with van der Waals surface area (Å²) in [6.07, 6.45) is 0.679. The monoisotopic (exact) mass is 265 g/mol. The molecule has 0 spiro atoms. The van der Waals surface area contributed by atoms with Crippen molar-refractivity contribution in [1.29, 1.82) is 0 Å². The van der Waals surface area contributed by atoms with Gasteiger partial charge in [-0.25, -0.2) is 0 Å². The van der Waals surface area contributed by atoms with E-state index >= 15 is 0 Å². The molecule has 0 aliphatic rings. The van der Waals surface area contributed by atoms with Crippen molar-refractivity contribution in [2.75, 3.05) is 7.05 Å². The summed E-state index contributed by atoms with van der Waals surface area (Å²) in [4.78, 5) is 14.1. The molecule has 3 heteroatoms. The minimum absolute atomic E-state index is 0.100. The van der Waals surface area contributed by atoms with Gasteiger partial charge in [0, 0.05) is 13.1 Å². The number of hydrogen-bond donors (Lipinski definition) is 1. The van der Waals surface area contributed by atoms with Crippen molar-refractivity contribution in [3.05, 3.63) is 35.9 Å². The number of thiol groups is 1. The van der Waals surface area contributed by atoms with Crippen LogP contribution in [0.5, 0.6) is 0 Å². The number of amides is 1. The molecule has 0 aliphatic heterocycles. The lowest BCUT2D eigenvalue weighted by atomic mass is 10.0. The second-order valence-corrected chi connectivity index (χ2v) is 5.76. The normalized spacial score (nSPS) is 14.3. The van der Waals surface area contributed by atoms with Gasteiger partial charge in [-0.1, -0.05) is 44.2 Å². The lowest BCUT2D eigenvalue weighted by Crippen LogP contribution is -2.42. The fourth-order valence-corrected chi connectivity index (χ4v) is 2.20. The van der Waals surface area contributed by atoms with Crippen molar-refractivity contribution in [3.63, 3.8) is 0 Å². The Morgan fingerprint density at radius 2 is 1.78 bits per heavy atom. The third-order valence-corrected chi connectivity index (χ3v) is 3.88. The number of benzene rings is 1. The molecule has 0 bridgehead atoms. The molecule has 0 saturated heterocycles. The van der Waals surface area contributed by atoms with Crippen LogP contribution in [0.3, 0.4) is 0 Å². The van der Waals surface area contributed by atoms with E-state index in [2.05, 4.69) is 33.4 Å². The first-order valence-corrected chi connectivity index (χ1v) is 6.93. The Morgan fingerprint density at radius 1 is 1.22 bits per heavy atom. The second kappa shape index (κ2) is 6.83. The minimum Gasteiger partial charge on any atom is -0.342 e. The van der Waals surface area contributed by atoms with Gasteiger partial charge in [0.05, 0.1) is 5.25 Å². The van der Waals surface area contributed by atoms with Gasteiger partial charge in [0.1, 0.15) is 0 Å². The molecule has 100 valence electrons. The summed E-state index contributed by atoms with van der Waals surface area (Å²) in [6.45, 7) is 6.32. The van der Waals surface area contributed by atoms with E-state index < -0.39 is 0 Å². The zero-order valence-corrected chi connectivity index (χ0v) is 12.5. The first kappa shape index (κ1) is 15.1. The summed E-state index contributed by atoms with van der Waals surface area (Å²) in [5.41, 5.74) is 1.15. The van der Waals surface area contributed by atoms with Gasteiger partial charge >= 0.3 is 0 Å². The van der Waals surface area contributed by atoms with Crippen LogP contribution in [-0.4, -0.2) is 29.1 Å². The molecule has 2 nitrogen and oxygen atoms in total. The van der Waals surface area contributed by atoms with Gasteiger partial charge in [0.25, 0.3) is 0 Å². The summed E-state index contributed by atoms with van der Waals surface area (Å²) in [5.74, 6) is 0.555. The fraction of sp³-hybridized carbons (Fsp3) is 0.533. The Morgan fingerprint density at radius 3 is 2.28 bits per heavy atom. The molecule has 0 heterocycles. The van der Waals surface area contributed by atoms with E-state index in [1.165, 1.54) is 0 Å². The van der Waals surface area contributed by atoms with E-state index in [1.807, 2.05) is 42.3 Å². The van der Waals surface area contributed by atoms with Crippen LogP contribution in [0, 0.1) is 5.92 Å². The second-order valence-electron chi connectivity index (χ2n) is 5.14. The summed E-state index contributed by atoms with van der Waals surface area (Å²) >= 11 is 4.45. The first-order chi connectivity index (χ1) is 8.43. The Labute approximate surface area is 116 Å². The lowest BCUT2D eigenvalue weighted by Gasteiger charge is -2.30. The SMILES string of the molecule is CC(C)C(C)N(C)C(=O)C(S)Cc1ccccc1. The molecule has 0 radical (unpaired) electrons. The largest absolute Gasteiger partial charge is 0.342 e. The Hall–Kier alpha value is -0.960. The molecule has 0 aromatic heterocycles. The van der Waals surface area contributed by atoms with E-state index in [0.29, 0.717) is 12.3 Å². The molecule has 1 amide bonds. The average Bonchev–Trinajstić information content (AvgIpc) is 2.37. The highest BCUT2D eigenvalue weighted by Crippen LogP contribution is 2.14. The number of carbonyl (C=O) groups excluding carboxylic acids is 1. The Kier molecular flexibility index (Phi) is 5.73. The third kappa shape index (κ3) is 4.05. The van der Waals surface area contributed by atoms with Crippen LogP contribution in [0.25, 0.3) is 0 Å². The van der Waals surface area contributed by atoms with Crippen LogP contribution in [0.1, 0.15) is 26.3 Å². The highest BCUT2D eigenvalue weighted by atomic mass is 32.1. The van der Waals surface area contributed by atoms with Crippen LogP contribution < -0.4 is 0 Å². The molecule has 1 rings (SSSR count). The number of nitrogens with zero attached hydrogens (tertiary/aromatic N) is 1. The quantitative estimate of drug-likeness (QED) is 0.811. The zero-order valence-electron chi connectivity index (χ0n) is 11.6. The molecule has 18 heavy (non-hydrogen) atoms. The van der Waals surface area contributed by atoms with E-state index in [9.17, 15) is 4.79 Å². The summed E-state index contributed by atoms with van der Waals surface area (Å²) < 4.78 is 0. The molecule has 0 aliphatic carbocycles. The van der Waals surface area contributed by atoms with Crippen molar-refractivity contribution >= 4 is 18.5 Å². The standard InChI is InChI=1S/C15H23NOS/c1-11(2)12(3)16(4)15(17)14(18)10-13-8-6-5-7-9-13/h5-9,11-12,14,18H,10H2,1-4H3. The van der Waals surface area contributed by atoms with Gasteiger partial charge in [-0.3, -0.25) is 4.79 Å². The van der Waals surface area contributed by atoms with E-state index in [1.54, 1.807) is 0 Å². The average molecular weight is 265 g/mol. The maximum absolute atomic E-state index is 12.2. The van der Waals surface area contributed by atoms with E-state index in [0.717, 1.165) is 5.56 Å². The van der Waals surface area contributed by atoms with Gasteiger partial charge in [-0.2, -0.15) is 12.6 Å². The minimum atomic E-state index is -0.265. The van der Waals surface area contributed by atoms with Gasteiger partial charge < -0.3 is 4.90 Å². The zero-order chi connectivity index (χ0) is 13.7. The van der Waals surface area contributed by atoms with Crippen molar-refractivity contribution in [1.82, 2.24) is 4.90 Å². The molecule has 0 saturated carbocycles. The Balaban J connectivity index is 2.61.